The molecule has 1 saturated heterocycles. The normalized spacial score (nSPS) is 26.2. The van der Waals surface area contributed by atoms with Crippen molar-refractivity contribution in [2.45, 2.75) is 46.6 Å². The Labute approximate surface area is 112 Å². The maximum Gasteiger partial charge on any atom is 0.0139 e. The lowest BCUT2D eigenvalue weighted by atomic mass is 9.71. The quantitative estimate of drug-likeness (QED) is 0.852. The molecule has 0 aliphatic carbocycles. The van der Waals surface area contributed by atoms with Crippen molar-refractivity contribution in [3.8, 4) is 0 Å². The molecule has 1 N–H and O–H groups in total. The van der Waals surface area contributed by atoms with Gasteiger partial charge in [-0.1, -0.05) is 58.0 Å². The molecule has 18 heavy (non-hydrogen) atoms. The second-order valence-electron chi connectivity index (χ2n) is 6.86. The van der Waals surface area contributed by atoms with Gasteiger partial charge in [-0.3, -0.25) is 0 Å². The third-order valence-corrected chi connectivity index (χ3v) is 4.71. The van der Waals surface area contributed by atoms with E-state index in [4.69, 9.17) is 0 Å². The first-order valence-electron chi connectivity index (χ1n) is 7.26. The van der Waals surface area contributed by atoms with Crippen molar-refractivity contribution in [2.75, 3.05) is 6.54 Å². The summed E-state index contributed by atoms with van der Waals surface area (Å²) in [6.45, 7) is 10.7. The van der Waals surface area contributed by atoms with Gasteiger partial charge in [-0.15, -0.1) is 0 Å². The molecule has 1 aromatic carbocycles. The minimum Gasteiger partial charge on any atom is -0.313 e. The Bertz CT molecular complexity index is 363. The van der Waals surface area contributed by atoms with Gasteiger partial charge in [-0.25, -0.2) is 0 Å². The van der Waals surface area contributed by atoms with Crippen LogP contribution in [-0.2, 0) is 6.42 Å². The minimum absolute atomic E-state index is 0.408. The zero-order chi connectivity index (χ0) is 13.2. The van der Waals surface area contributed by atoms with Gasteiger partial charge in [0.1, 0.15) is 0 Å². The fourth-order valence-corrected chi connectivity index (χ4v) is 3.12. The molecular weight excluding hydrogens is 218 g/mol. The van der Waals surface area contributed by atoms with Crippen LogP contribution in [0.25, 0.3) is 0 Å². The van der Waals surface area contributed by atoms with Crippen LogP contribution in [-0.4, -0.2) is 12.6 Å². The van der Waals surface area contributed by atoms with E-state index in [0.29, 0.717) is 11.5 Å². The van der Waals surface area contributed by atoms with Crippen LogP contribution in [0.1, 0.15) is 39.7 Å². The van der Waals surface area contributed by atoms with Crippen molar-refractivity contribution < 1.29 is 0 Å². The molecule has 0 amide bonds. The van der Waals surface area contributed by atoms with Gasteiger partial charge in [0.05, 0.1) is 0 Å². The molecular formula is C17H27N. The molecule has 0 spiro atoms. The monoisotopic (exact) mass is 245 g/mol. The number of hydrogen-bond donors (Lipinski definition) is 1. The molecule has 1 aliphatic rings. The van der Waals surface area contributed by atoms with Crippen molar-refractivity contribution in [2.24, 2.45) is 17.3 Å². The summed E-state index contributed by atoms with van der Waals surface area (Å²) in [4.78, 5) is 0. The van der Waals surface area contributed by atoms with E-state index < -0.39 is 0 Å². The van der Waals surface area contributed by atoms with Crippen LogP contribution in [0.15, 0.2) is 30.3 Å². The maximum absolute atomic E-state index is 3.71. The highest BCUT2D eigenvalue weighted by Crippen LogP contribution is 2.37. The average molecular weight is 245 g/mol. The Kier molecular flexibility index (Phi) is 4.11. The van der Waals surface area contributed by atoms with Gasteiger partial charge in [0.25, 0.3) is 0 Å². The lowest BCUT2D eigenvalue weighted by Crippen LogP contribution is -2.36. The number of rotatable bonds is 3. The zero-order valence-corrected chi connectivity index (χ0v) is 12.2. The van der Waals surface area contributed by atoms with Crippen molar-refractivity contribution in [3.05, 3.63) is 35.9 Å². The molecule has 1 aromatic rings. The fourth-order valence-electron chi connectivity index (χ4n) is 3.12. The molecule has 100 valence electrons. The zero-order valence-electron chi connectivity index (χ0n) is 12.2. The molecule has 3 atom stereocenters. The summed E-state index contributed by atoms with van der Waals surface area (Å²) in [6, 6.07) is 11.5. The molecule has 2 rings (SSSR count). The van der Waals surface area contributed by atoms with Gasteiger partial charge in [-0.05, 0) is 42.2 Å². The standard InChI is InChI=1S/C17H27N/c1-13(17(2,3)4)15-10-11-18-16(15)12-14-8-6-5-7-9-14/h5-9,13,15-16,18H,10-12H2,1-4H3. The van der Waals surface area contributed by atoms with E-state index in [0.717, 1.165) is 11.8 Å². The van der Waals surface area contributed by atoms with Crippen LogP contribution < -0.4 is 5.32 Å². The Morgan fingerprint density at radius 2 is 1.89 bits per heavy atom. The van der Waals surface area contributed by atoms with E-state index in [9.17, 15) is 0 Å². The van der Waals surface area contributed by atoms with Crippen molar-refractivity contribution in [1.29, 1.82) is 0 Å². The Morgan fingerprint density at radius 3 is 2.50 bits per heavy atom. The molecule has 1 fully saturated rings. The van der Waals surface area contributed by atoms with Crippen LogP contribution in [0.2, 0.25) is 0 Å². The van der Waals surface area contributed by atoms with E-state index in [-0.39, 0.29) is 0 Å². The van der Waals surface area contributed by atoms with Crippen LogP contribution in [0.4, 0.5) is 0 Å². The highest BCUT2D eigenvalue weighted by atomic mass is 15.0. The van der Waals surface area contributed by atoms with Gasteiger partial charge < -0.3 is 5.32 Å². The van der Waals surface area contributed by atoms with E-state index in [2.05, 4.69) is 63.3 Å². The third-order valence-electron chi connectivity index (χ3n) is 4.71. The molecule has 1 aliphatic heterocycles. The highest BCUT2D eigenvalue weighted by Gasteiger charge is 2.36. The minimum atomic E-state index is 0.408. The van der Waals surface area contributed by atoms with Gasteiger partial charge >= 0.3 is 0 Å². The summed E-state index contributed by atoms with van der Waals surface area (Å²) in [5.41, 5.74) is 1.87. The van der Waals surface area contributed by atoms with Crippen molar-refractivity contribution in [1.82, 2.24) is 5.32 Å². The molecule has 1 heterocycles. The van der Waals surface area contributed by atoms with Gasteiger partial charge in [0.15, 0.2) is 0 Å². The largest absolute Gasteiger partial charge is 0.313 e. The first-order chi connectivity index (χ1) is 8.48. The summed E-state index contributed by atoms with van der Waals surface area (Å²) in [6.07, 6.45) is 2.50. The summed E-state index contributed by atoms with van der Waals surface area (Å²) in [7, 11) is 0. The second-order valence-corrected chi connectivity index (χ2v) is 6.86. The summed E-state index contributed by atoms with van der Waals surface area (Å²) < 4.78 is 0. The lowest BCUT2D eigenvalue weighted by Gasteiger charge is -2.35. The number of benzene rings is 1. The number of nitrogens with one attached hydrogen (secondary N) is 1. The smallest absolute Gasteiger partial charge is 0.0139 e. The van der Waals surface area contributed by atoms with Crippen LogP contribution in [0, 0.1) is 17.3 Å². The molecule has 0 bridgehead atoms. The Hall–Kier alpha value is -0.820. The Balaban J connectivity index is 2.04. The molecule has 3 unspecified atom stereocenters. The van der Waals surface area contributed by atoms with Crippen molar-refractivity contribution in [3.63, 3.8) is 0 Å². The predicted molar refractivity (Wildman–Crippen MR) is 78.7 cm³/mol. The highest BCUT2D eigenvalue weighted by molar-refractivity contribution is 5.16. The first-order valence-corrected chi connectivity index (χ1v) is 7.26. The van der Waals surface area contributed by atoms with E-state index in [1.807, 2.05) is 0 Å². The molecule has 1 heteroatoms. The lowest BCUT2D eigenvalue weighted by molar-refractivity contribution is 0.163. The summed E-state index contributed by atoms with van der Waals surface area (Å²) >= 11 is 0. The molecule has 1 nitrogen and oxygen atoms in total. The maximum atomic E-state index is 3.71. The average Bonchev–Trinajstić information content (AvgIpc) is 2.76. The van der Waals surface area contributed by atoms with E-state index in [1.165, 1.54) is 24.9 Å². The molecule has 0 radical (unpaired) electrons. The van der Waals surface area contributed by atoms with Gasteiger partial charge in [-0.2, -0.15) is 0 Å². The van der Waals surface area contributed by atoms with Crippen LogP contribution in [0.3, 0.4) is 0 Å². The predicted octanol–water partition coefficient (Wildman–Crippen LogP) is 3.89. The topological polar surface area (TPSA) is 12.0 Å². The number of hydrogen-bond acceptors (Lipinski definition) is 1. The third kappa shape index (κ3) is 3.14. The van der Waals surface area contributed by atoms with Crippen molar-refractivity contribution >= 4 is 0 Å². The Morgan fingerprint density at radius 1 is 1.22 bits per heavy atom. The van der Waals surface area contributed by atoms with E-state index >= 15 is 0 Å². The van der Waals surface area contributed by atoms with Gasteiger partial charge in [0.2, 0.25) is 0 Å². The second kappa shape index (κ2) is 5.44. The van der Waals surface area contributed by atoms with Gasteiger partial charge in [0, 0.05) is 6.04 Å². The summed E-state index contributed by atoms with van der Waals surface area (Å²) in [5, 5.41) is 3.71. The summed E-state index contributed by atoms with van der Waals surface area (Å²) in [5.74, 6) is 1.58. The molecule has 0 aromatic heterocycles. The fraction of sp³-hybridized carbons (Fsp3) is 0.647. The van der Waals surface area contributed by atoms with E-state index in [1.54, 1.807) is 0 Å². The van der Waals surface area contributed by atoms with Crippen LogP contribution in [0.5, 0.6) is 0 Å². The first kappa shape index (κ1) is 13.6. The SMILES string of the molecule is CC(C1CCNC1Cc1ccccc1)C(C)(C)C. The molecule has 0 saturated carbocycles. The van der Waals surface area contributed by atoms with Crippen LogP contribution >= 0.6 is 0 Å².